The molecule has 1 aromatic carbocycles. The van der Waals surface area contributed by atoms with Crippen LogP contribution in [0, 0.1) is 11.7 Å². The molecule has 1 aromatic rings. The van der Waals surface area contributed by atoms with E-state index in [4.69, 9.17) is 4.74 Å². The summed E-state index contributed by atoms with van der Waals surface area (Å²) in [5.74, 6) is 0.437. The van der Waals surface area contributed by atoms with Crippen LogP contribution in [0.2, 0.25) is 0 Å². The van der Waals surface area contributed by atoms with Crippen molar-refractivity contribution >= 4 is 5.91 Å². The Morgan fingerprint density at radius 3 is 2.65 bits per heavy atom. The summed E-state index contributed by atoms with van der Waals surface area (Å²) >= 11 is 0. The number of rotatable bonds is 6. The molecule has 0 aromatic heterocycles. The fourth-order valence-corrected chi connectivity index (χ4v) is 3.90. The highest BCUT2D eigenvalue weighted by Crippen LogP contribution is 2.27. The maximum atomic E-state index is 13.8. The van der Waals surface area contributed by atoms with Gasteiger partial charge in [0.25, 0.3) is 0 Å². The van der Waals surface area contributed by atoms with Crippen molar-refractivity contribution in [3.05, 3.63) is 35.6 Å². The molecule has 2 heterocycles. The van der Waals surface area contributed by atoms with E-state index in [2.05, 4.69) is 17.1 Å². The summed E-state index contributed by atoms with van der Waals surface area (Å²) in [5.41, 5.74) is 0.742. The van der Waals surface area contributed by atoms with Gasteiger partial charge in [0.15, 0.2) is 0 Å². The number of piperidine rings is 1. The lowest BCUT2D eigenvalue weighted by Gasteiger charge is -2.39. The number of carbonyl (C=O) groups excluding carboxylic acids is 1. The Hall–Kier alpha value is -1.50. The molecule has 2 aliphatic rings. The Morgan fingerprint density at radius 2 is 2.00 bits per heavy atom. The number of morpholine rings is 1. The summed E-state index contributed by atoms with van der Waals surface area (Å²) in [6, 6.07) is 6.06. The lowest BCUT2D eigenvalue weighted by Crippen LogP contribution is -2.49. The minimum Gasteiger partial charge on any atom is -0.379 e. The SMILES string of the molecule is CCNCC1CCN(C(=O)C(c2cccc(F)c2)N2CCOCC2)CC1. The van der Waals surface area contributed by atoms with Crippen LogP contribution >= 0.6 is 0 Å². The number of amides is 1. The van der Waals surface area contributed by atoms with Crippen molar-refractivity contribution in [2.45, 2.75) is 25.8 Å². The minimum absolute atomic E-state index is 0.0967. The van der Waals surface area contributed by atoms with Gasteiger partial charge in [0.05, 0.1) is 13.2 Å². The van der Waals surface area contributed by atoms with Gasteiger partial charge in [-0.15, -0.1) is 0 Å². The number of ether oxygens (including phenoxy) is 1. The predicted molar refractivity (Wildman–Crippen MR) is 99.4 cm³/mol. The molecule has 2 saturated heterocycles. The summed E-state index contributed by atoms with van der Waals surface area (Å²) in [5, 5.41) is 3.40. The second-order valence-electron chi connectivity index (χ2n) is 7.18. The molecule has 3 rings (SSSR count). The molecule has 144 valence electrons. The summed E-state index contributed by atoms with van der Waals surface area (Å²) < 4.78 is 19.2. The average molecular weight is 363 g/mol. The van der Waals surface area contributed by atoms with E-state index < -0.39 is 6.04 Å². The Bertz CT molecular complexity index is 584. The summed E-state index contributed by atoms with van der Waals surface area (Å²) in [6.07, 6.45) is 2.05. The van der Waals surface area contributed by atoms with Crippen molar-refractivity contribution in [3.63, 3.8) is 0 Å². The van der Waals surface area contributed by atoms with E-state index in [-0.39, 0.29) is 11.7 Å². The normalized spacial score (nSPS) is 20.9. The van der Waals surface area contributed by atoms with E-state index in [0.29, 0.717) is 32.2 Å². The molecule has 0 saturated carbocycles. The highest BCUT2D eigenvalue weighted by Gasteiger charge is 2.34. The quantitative estimate of drug-likeness (QED) is 0.840. The van der Waals surface area contributed by atoms with Crippen LogP contribution < -0.4 is 5.32 Å². The zero-order valence-electron chi connectivity index (χ0n) is 15.6. The Balaban J connectivity index is 1.71. The van der Waals surface area contributed by atoms with Crippen molar-refractivity contribution in [1.82, 2.24) is 15.1 Å². The van der Waals surface area contributed by atoms with E-state index in [1.807, 2.05) is 11.0 Å². The van der Waals surface area contributed by atoms with Crippen molar-refractivity contribution in [2.24, 2.45) is 5.92 Å². The number of likely N-dealkylation sites (tertiary alicyclic amines) is 1. The maximum absolute atomic E-state index is 13.8. The van der Waals surface area contributed by atoms with Gasteiger partial charge in [-0.2, -0.15) is 0 Å². The lowest BCUT2D eigenvalue weighted by molar-refractivity contribution is -0.140. The van der Waals surface area contributed by atoms with Gasteiger partial charge in [-0.1, -0.05) is 19.1 Å². The van der Waals surface area contributed by atoms with Crippen molar-refractivity contribution in [3.8, 4) is 0 Å². The molecule has 2 aliphatic heterocycles. The molecule has 26 heavy (non-hydrogen) atoms. The van der Waals surface area contributed by atoms with Gasteiger partial charge in [-0.25, -0.2) is 4.39 Å². The van der Waals surface area contributed by atoms with Crippen LogP contribution in [0.5, 0.6) is 0 Å². The summed E-state index contributed by atoms with van der Waals surface area (Å²) in [6.45, 7) is 8.31. The smallest absolute Gasteiger partial charge is 0.244 e. The van der Waals surface area contributed by atoms with E-state index in [1.54, 1.807) is 6.07 Å². The number of halogens is 1. The highest BCUT2D eigenvalue weighted by atomic mass is 19.1. The first-order valence-electron chi connectivity index (χ1n) is 9.75. The number of carbonyl (C=O) groups is 1. The molecule has 2 fully saturated rings. The third-order valence-corrected chi connectivity index (χ3v) is 5.42. The van der Waals surface area contributed by atoms with Crippen LogP contribution in [0.25, 0.3) is 0 Å². The van der Waals surface area contributed by atoms with Crippen LogP contribution in [-0.2, 0) is 9.53 Å². The van der Waals surface area contributed by atoms with Gasteiger partial charge in [0.2, 0.25) is 5.91 Å². The highest BCUT2D eigenvalue weighted by molar-refractivity contribution is 5.83. The zero-order valence-corrected chi connectivity index (χ0v) is 15.6. The van der Waals surface area contributed by atoms with Gasteiger partial charge < -0.3 is 15.0 Å². The molecule has 1 amide bonds. The molecule has 0 bridgehead atoms. The van der Waals surface area contributed by atoms with Crippen LogP contribution in [0.3, 0.4) is 0 Å². The maximum Gasteiger partial charge on any atom is 0.244 e. The number of hydrogen-bond donors (Lipinski definition) is 1. The molecule has 1 N–H and O–H groups in total. The Kier molecular flexibility index (Phi) is 7.00. The average Bonchev–Trinajstić information content (AvgIpc) is 2.68. The van der Waals surface area contributed by atoms with Crippen LogP contribution in [0.15, 0.2) is 24.3 Å². The van der Waals surface area contributed by atoms with Crippen molar-refractivity contribution in [1.29, 1.82) is 0 Å². The fourth-order valence-electron chi connectivity index (χ4n) is 3.90. The number of nitrogens with zero attached hydrogens (tertiary/aromatic N) is 2. The summed E-state index contributed by atoms with van der Waals surface area (Å²) in [4.78, 5) is 17.4. The van der Waals surface area contributed by atoms with Gasteiger partial charge in [0.1, 0.15) is 11.9 Å². The van der Waals surface area contributed by atoms with Crippen molar-refractivity contribution in [2.75, 3.05) is 52.5 Å². The minimum atomic E-state index is -0.417. The van der Waals surface area contributed by atoms with Gasteiger partial charge >= 0.3 is 0 Å². The van der Waals surface area contributed by atoms with E-state index in [1.165, 1.54) is 12.1 Å². The lowest BCUT2D eigenvalue weighted by atomic mass is 9.95. The molecule has 0 radical (unpaired) electrons. The Labute approximate surface area is 155 Å². The zero-order chi connectivity index (χ0) is 18.4. The first kappa shape index (κ1) is 19.3. The first-order valence-corrected chi connectivity index (χ1v) is 9.75. The van der Waals surface area contributed by atoms with Crippen LogP contribution in [-0.4, -0.2) is 68.2 Å². The molecule has 0 aliphatic carbocycles. The van der Waals surface area contributed by atoms with Gasteiger partial charge in [-0.3, -0.25) is 9.69 Å². The monoisotopic (exact) mass is 363 g/mol. The van der Waals surface area contributed by atoms with E-state index in [0.717, 1.165) is 44.6 Å². The molecular formula is C20H30FN3O2. The molecular weight excluding hydrogens is 333 g/mol. The van der Waals surface area contributed by atoms with Gasteiger partial charge in [-0.05, 0) is 49.5 Å². The largest absolute Gasteiger partial charge is 0.379 e. The number of benzene rings is 1. The molecule has 1 unspecified atom stereocenters. The predicted octanol–water partition coefficient (Wildman–Crippen LogP) is 2.05. The fraction of sp³-hybridized carbons (Fsp3) is 0.650. The number of nitrogens with one attached hydrogen (secondary N) is 1. The van der Waals surface area contributed by atoms with E-state index in [9.17, 15) is 9.18 Å². The molecule has 6 heteroatoms. The summed E-state index contributed by atoms with van der Waals surface area (Å²) in [7, 11) is 0. The van der Waals surface area contributed by atoms with E-state index >= 15 is 0 Å². The molecule has 5 nitrogen and oxygen atoms in total. The Morgan fingerprint density at radius 1 is 1.27 bits per heavy atom. The first-order chi connectivity index (χ1) is 12.7. The second kappa shape index (κ2) is 9.44. The molecule has 0 spiro atoms. The number of hydrogen-bond acceptors (Lipinski definition) is 4. The standard InChI is InChI=1S/C20H30FN3O2/c1-2-22-15-16-6-8-24(9-7-16)20(25)19(23-10-12-26-13-11-23)17-4-3-5-18(21)14-17/h3-5,14,16,19,22H,2,6-13,15H2,1H3. The van der Waals surface area contributed by atoms with Crippen LogP contribution in [0.4, 0.5) is 4.39 Å². The van der Waals surface area contributed by atoms with Gasteiger partial charge in [0, 0.05) is 26.2 Å². The second-order valence-corrected chi connectivity index (χ2v) is 7.18. The topological polar surface area (TPSA) is 44.8 Å². The van der Waals surface area contributed by atoms with Crippen molar-refractivity contribution < 1.29 is 13.9 Å². The third-order valence-electron chi connectivity index (χ3n) is 5.42. The molecule has 1 atom stereocenters. The third kappa shape index (κ3) is 4.81. The van der Waals surface area contributed by atoms with Crippen LogP contribution in [0.1, 0.15) is 31.4 Å².